The number of ether oxygens (including phenoxy) is 1. The maximum Gasteiger partial charge on any atom is 0.267 e. The molecule has 5 nitrogen and oxygen atoms in total. The van der Waals surface area contributed by atoms with Gasteiger partial charge >= 0.3 is 0 Å². The van der Waals surface area contributed by atoms with Gasteiger partial charge in [-0.05, 0) is 23.8 Å². The van der Waals surface area contributed by atoms with Crippen molar-refractivity contribution in [2.45, 2.75) is 0 Å². The monoisotopic (exact) mass is 236 g/mol. The number of carbonyl (C=O) groups is 1. The van der Waals surface area contributed by atoms with Gasteiger partial charge in [0.05, 0.1) is 13.2 Å². The van der Waals surface area contributed by atoms with Crippen LogP contribution in [0.25, 0.3) is 6.08 Å². The average Bonchev–Trinajstić information content (AvgIpc) is 2.34. The van der Waals surface area contributed by atoms with Gasteiger partial charge in [0.25, 0.3) is 5.91 Å². The summed E-state index contributed by atoms with van der Waals surface area (Å²) in [4.78, 5) is 16.1. The van der Waals surface area contributed by atoms with E-state index in [2.05, 4.69) is 5.48 Å². The fourth-order valence-corrected chi connectivity index (χ4v) is 1.06. The van der Waals surface area contributed by atoms with Gasteiger partial charge < -0.3 is 10.5 Å². The van der Waals surface area contributed by atoms with Crippen molar-refractivity contribution in [3.63, 3.8) is 0 Å². The summed E-state index contributed by atoms with van der Waals surface area (Å²) >= 11 is 0. The molecule has 0 radical (unpaired) electrons. The summed E-state index contributed by atoms with van der Waals surface area (Å²) in [5, 5.41) is 0. The largest absolute Gasteiger partial charge is 0.399 e. The second kappa shape index (κ2) is 7.43. The summed E-state index contributed by atoms with van der Waals surface area (Å²) in [6, 6.07) is 7.19. The Morgan fingerprint density at radius 3 is 2.71 bits per heavy atom. The lowest BCUT2D eigenvalue weighted by Crippen LogP contribution is -2.23. The van der Waals surface area contributed by atoms with E-state index in [4.69, 9.17) is 15.3 Å². The fourth-order valence-electron chi connectivity index (χ4n) is 1.06. The lowest BCUT2D eigenvalue weighted by molar-refractivity contribution is -0.129. The molecular formula is C12H16N2O3. The number of hydrogen-bond acceptors (Lipinski definition) is 4. The Hall–Kier alpha value is -1.85. The lowest BCUT2D eigenvalue weighted by atomic mass is 10.2. The number of nitrogens with two attached hydrogens (primary N) is 1. The predicted molar refractivity (Wildman–Crippen MR) is 65.9 cm³/mol. The van der Waals surface area contributed by atoms with E-state index in [1.807, 2.05) is 12.1 Å². The number of benzene rings is 1. The number of hydroxylamine groups is 1. The standard InChI is InChI=1S/C12H16N2O3/c1-16-8-9-17-14-12(15)7-4-10-2-5-11(13)6-3-10/h2-7H,8-9,13H2,1H3,(H,14,15)/b7-4+. The van der Waals surface area contributed by atoms with Gasteiger partial charge in [-0.3, -0.25) is 9.63 Å². The van der Waals surface area contributed by atoms with Gasteiger partial charge in [0.2, 0.25) is 0 Å². The van der Waals surface area contributed by atoms with Gasteiger partial charge in [-0.2, -0.15) is 0 Å². The van der Waals surface area contributed by atoms with E-state index >= 15 is 0 Å². The van der Waals surface area contributed by atoms with Crippen LogP contribution in [0.4, 0.5) is 5.69 Å². The van der Waals surface area contributed by atoms with Crippen LogP contribution < -0.4 is 11.2 Å². The summed E-state index contributed by atoms with van der Waals surface area (Å²) in [6.45, 7) is 0.750. The minimum Gasteiger partial charge on any atom is -0.399 e. The van der Waals surface area contributed by atoms with Crippen LogP contribution in [0.1, 0.15) is 5.56 Å². The molecule has 0 atom stereocenters. The third-order valence-corrected chi connectivity index (χ3v) is 1.93. The molecule has 1 rings (SSSR count). The normalized spacial score (nSPS) is 10.6. The van der Waals surface area contributed by atoms with Crippen molar-refractivity contribution in [1.29, 1.82) is 0 Å². The zero-order valence-electron chi connectivity index (χ0n) is 9.68. The zero-order valence-corrected chi connectivity index (χ0v) is 9.68. The van der Waals surface area contributed by atoms with E-state index in [1.54, 1.807) is 25.3 Å². The number of anilines is 1. The van der Waals surface area contributed by atoms with Crippen LogP contribution in [0.5, 0.6) is 0 Å². The number of hydrogen-bond donors (Lipinski definition) is 2. The van der Waals surface area contributed by atoms with Crippen LogP contribution in [0, 0.1) is 0 Å². The molecule has 1 amide bonds. The van der Waals surface area contributed by atoms with Gasteiger partial charge in [-0.25, -0.2) is 5.48 Å². The van der Waals surface area contributed by atoms with E-state index in [-0.39, 0.29) is 5.91 Å². The molecular weight excluding hydrogens is 220 g/mol. The van der Waals surface area contributed by atoms with Gasteiger partial charge in [-0.1, -0.05) is 12.1 Å². The number of amides is 1. The Morgan fingerprint density at radius 1 is 1.35 bits per heavy atom. The predicted octanol–water partition coefficient (Wildman–Crippen LogP) is 0.976. The molecule has 0 spiro atoms. The van der Waals surface area contributed by atoms with Gasteiger partial charge in [0, 0.05) is 18.9 Å². The molecule has 0 saturated heterocycles. The number of nitrogen functional groups attached to an aromatic ring is 1. The molecule has 1 aromatic carbocycles. The first kappa shape index (κ1) is 13.2. The van der Waals surface area contributed by atoms with Gasteiger partial charge in [0.1, 0.15) is 0 Å². The van der Waals surface area contributed by atoms with Crippen molar-refractivity contribution in [3.8, 4) is 0 Å². The molecule has 17 heavy (non-hydrogen) atoms. The fraction of sp³-hybridized carbons (Fsp3) is 0.250. The van der Waals surface area contributed by atoms with Crippen LogP contribution in [0.3, 0.4) is 0 Å². The SMILES string of the molecule is COCCONC(=O)/C=C/c1ccc(N)cc1. The van der Waals surface area contributed by atoms with E-state index in [0.717, 1.165) is 5.56 Å². The molecule has 0 fully saturated rings. The second-order valence-corrected chi connectivity index (χ2v) is 3.31. The van der Waals surface area contributed by atoms with Crippen LogP contribution >= 0.6 is 0 Å². The van der Waals surface area contributed by atoms with Crippen molar-refractivity contribution in [3.05, 3.63) is 35.9 Å². The average molecular weight is 236 g/mol. The maximum atomic E-state index is 11.3. The first-order valence-electron chi connectivity index (χ1n) is 5.16. The van der Waals surface area contributed by atoms with Crippen molar-refractivity contribution in [2.75, 3.05) is 26.1 Å². The van der Waals surface area contributed by atoms with E-state index in [1.165, 1.54) is 6.08 Å². The Balaban J connectivity index is 2.32. The molecule has 0 aliphatic rings. The lowest BCUT2D eigenvalue weighted by Gasteiger charge is -2.01. The molecule has 0 unspecified atom stereocenters. The molecule has 92 valence electrons. The molecule has 0 aromatic heterocycles. The number of rotatable bonds is 6. The van der Waals surface area contributed by atoms with Crippen molar-refractivity contribution in [1.82, 2.24) is 5.48 Å². The zero-order chi connectivity index (χ0) is 12.5. The highest BCUT2D eigenvalue weighted by atomic mass is 16.7. The Bertz CT molecular complexity index is 374. The summed E-state index contributed by atoms with van der Waals surface area (Å²) in [7, 11) is 1.56. The smallest absolute Gasteiger partial charge is 0.267 e. The molecule has 5 heteroatoms. The molecule has 1 aromatic rings. The van der Waals surface area contributed by atoms with Crippen LogP contribution in [-0.2, 0) is 14.4 Å². The van der Waals surface area contributed by atoms with E-state index in [0.29, 0.717) is 18.9 Å². The highest BCUT2D eigenvalue weighted by molar-refractivity contribution is 5.90. The van der Waals surface area contributed by atoms with E-state index < -0.39 is 0 Å². The highest BCUT2D eigenvalue weighted by Gasteiger charge is 1.94. The van der Waals surface area contributed by atoms with Gasteiger partial charge in [-0.15, -0.1) is 0 Å². The van der Waals surface area contributed by atoms with Crippen LogP contribution in [0.2, 0.25) is 0 Å². The first-order valence-corrected chi connectivity index (χ1v) is 5.16. The van der Waals surface area contributed by atoms with Crippen LogP contribution in [-0.4, -0.2) is 26.2 Å². The third-order valence-electron chi connectivity index (χ3n) is 1.93. The number of nitrogens with one attached hydrogen (secondary N) is 1. The third kappa shape index (κ3) is 5.70. The maximum absolute atomic E-state index is 11.3. The quantitative estimate of drug-likeness (QED) is 0.334. The number of carbonyl (C=O) groups excluding carboxylic acids is 1. The Kier molecular flexibility index (Phi) is 5.77. The van der Waals surface area contributed by atoms with Crippen molar-refractivity contribution in [2.24, 2.45) is 0 Å². The van der Waals surface area contributed by atoms with Gasteiger partial charge in [0.15, 0.2) is 0 Å². The molecule has 0 saturated carbocycles. The summed E-state index contributed by atoms with van der Waals surface area (Å²) in [5.41, 5.74) is 9.39. The minimum absolute atomic E-state index is 0.317. The summed E-state index contributed by atoms with van der Waals surface area (Å²) in [5.74, 6) is -0.321. The first-order chi connectivity index (χ1) is 8.22. The minimum atomic E-state index is -0.321. The molecule has 0 bridgehead atoms. The highest BCUT2D eigenvalue weighted by Crippen LogP contribution is 2.06. The molecule has 0 aliphatic heterocycles. The van der Waals surface area contributed by atoms with Crippen molar-refractivity contribution < 1.29 is 14.4 Å². The second-order valence-electron chi connectivity index (χ2n) is 3.31. The van der Waals surface area contributed by atoms with E-state index in [9.17, 15) is 4.79 Å². The Morgan fingerprint density at radius 2 is 2.06 bits per heavy atom. The Labute approximate surface area is 100 Å². The molecule has 0 heterocycles. The summed E-state index contributed by atoms with van der Waals surface area (Å²) in [6.07, 6.45) is 3.06. The topological polar surface area (TPSA) is 73.6 Å². The molecule has 3 N–H and O–H groups in total. The number of methoxy groups -OCH3 is 1. The summed E-state index contributed by atoms with van der Waals surface area (Å²) < 4.78 is 4.76. The molecule has 0 aliphatic carbocycles. The van der Waals surface area contributed by atoms with Crippen molar-refractivity contribution >= 4 is 17.7 Å². The van der Waals surface area contributed by atoms with Crippen LogP contribution in [0.15, 0.2) is 30.3 Å².